The summed E-state index contributed by atoms with van der Waals surface area (Å²) in [4.78, 5) is 14.3. The molecule has 5 heteroatoms. The number of aromatic carboxylic acids is 1. The highest BCUT2D eigenvalue weighted by Gasteiger charge is 2.06. The quantitative estimate of drug-likeness (QED) is 0.715. The van der Waals surface area contributed by atoms with Crippen LogP contribution in [0.25, 0.3) is 0 Å². The zero-order chi connectivity index (χ0) is 9.68. The number of hydrogen-bond acceptors (Lipinski definition) is 4. The van der Waals surface area contributed by atoms with Crippen LogP contribution in [0.15, 0.2) is 5.38 Å². The zero-order valence-corrected chi connectivity index (χ0v) is 7.81. The molecule has 0 aliphatic rings. The highest BCUT2D eigenvalue weighted by Crippen LogP contribution is 2.14. The van der Waals surface area contributed by atoms with Crippen molar-refractivity contribution in [3.63, 3.8) is 0 Å². The fraction of sp³-hybridized carbons (Fsp3) is 0.250. The normalized spacial score (nSPS) is 8.69. The SMILES string of the molecule is CC#CCNc1nc(C(=O)O)cs1. The van der Waals surface area contributed by atoms with Gasteiger partial charge in [0.15, 0.2) is 10.8 Å². The molecule has 0 aliphatic carbocycles. The third kappa shape index (κ3) is 2.76. The smallest absolute Gasteiger partial charge is 0.355 e. The Morgan fingerprint density at radius 3 is 3.15 bits per heavy atom. The molecule has 1 heterocycles. The lowest BCUT2D eigenvalue weighted by atomic mass is 10.5. The first kappa shape index (κ1) is 9.55. The minimum Gasteiger partial charge on any atom is -0.476 e. The van der Waals surface area contributed by atoms with Gasteiger partial charge >= 0.3 is 5.97 Å². The van der Waals surface area contributed by atoms with Gasteiger partial charge in [-0.1, -0.05) is 5.92 Å². The molecule has 2 N–H and O–H groups in total. The third-order valence-electron chi connectivity index (χ3n) is 1.23. The molecule has 0 saturated heterocycles. The Morgan fingerprint density at radius 2 is 2.62 bits per heavy atom. The van der Waals surface area contributed by atoms with E-state index in [1.165, 1.54) is 16.7 Å². The summed E-state index contributed by atoms with van der Waals surface area (Å²) >= 11 is 1.26. The van der Waals surface area contributed by atoms with Gasteiger partial charge in [0.05, 0.1) is 6.54 Å². The molecule has 0 aliphatic heterocycles. The fourth-order valence-corrected chi connectivity index (χ4v) is 1.34. The van der Waals surface area contributed by atoms with E-state index in [0.29, 0.717) is 11.7 Å². The van der Waals surface area contributed by atoms with Gasteiger partial charge in [-0.25, -0.2) is 9.78 Å². The molecular weight excluding hydrogens is 188 g/mol. The summed E-state index contributed by atoms with van der Waals surface area (Å²) in [5.41, 5.74) is 0.0666. The Kier molecular flexibility index (Phi) is 3.29. The second kappa shape index (κ2) is 4.48. The van der Waals surface area contributed by atoms with E-state index in [0.717, 1.165) is 0 Å². The van der Waals surface area contributed by atoms with E-state index in [9.17, 15) is 4.79 Å². The van der Waals surface area contributed by atoms with Crippen molar-refractivity contribution in [1.82, 2.24) is 4.98 Å². The van der Waals surface area contributed by atoms with Gasteiger partial charge in [-0.05, 0) is 6.92 Å². The van der Waals surface area contributed by atoms with Crippen LogP contribution in [0.4, 0.5) is 5.13 Å². The molecule has 0 fully saturated rings. The van der Waals surface area contributed by atoms with Gasteiger partial charge in [0.1, 0.15) is 0 Å². The molecule has 0 bridgehead atoms. The number of carbonyl (C=O) groups is 1. The predicted octanol–water partition coefficient (Wildman–Crippen LogP) is 1.28. The van der Waals surface area contributed by atoms with E-state index < -0.39 is 5.97 Å². The van der Waals surface area contributed by atoms with Crippen molar-refractivity contribution in [1.29, 1.82) is 0 Å². The maximum absolute atomic E-state index is 10.4. The number of carboxylic acids is 1. The first-order chi connectivity index (χ1) is 6.24. The van der Waals surface area contributed by atoms with Crippen molar-refractivity contribution in [2.75, 3.05) is 11.9 Å². The summed E-state index contributed by atoms with van der Waals surface area (Å²) in [6, 6.07) is 0. The summed E-state index contributed by atoms with van der Waals surface area (Å²) in [5.74, 6) is 4.50. The van der Waals surface area contributed by atoms with Crippen molar-refractivity contribution >= 4 is 22.4 Å². The first-order valence-corrected chi connectivity index (χ1v) is 4.44. The Labute approximate surface area is 79.6 Å². The monoisotopic (exact) mass is 196 g/mol. The highest BCUT2D eigenvalue weighted by atomic mass is 32.1. The maximum Gasteiger partial charge on any atom is 0.355 e. The molecule has 1 aromatic heterocycles. The molecule has 0 unspecified atom stereocenters. The molecule has 0 aromatic carbocycles. The van der Waals surface area contributed by atoms with E-state index in [4.69, 9.17) is 5.11 Å². The Morgan fingerprint density at radius 1 is 1.85 bits per heavy atom. The minimum atomic E-state index is -1.01. The van der Waals surface area contributed by atoms with Gasteiger partial charge in [-0.2, -0.15) is 0 Å². The predicted molar refractivity (Wildman–Crippen MR) is 51.0 cm³/mol. The van der Waals surface area contributed by atoms with Crippen molar-refractivity contribution in [3.05, 3.63) is 11.1 Å². The van der Waals surface area contributed by atoms with Crippen LogP contribution in [-0.2, 0) is 0 Å². The summed E-state index contributed by atoms with van der Waals surface area (Å²) in [7, 11) is 0. The van der Waals surface area contributed by atoms with Gasteiger partial charge in [0.25, 0.3) is 0 Å². The second-order valence-corrected chi connectivity index (χ2v) is 2.98. The first-order valence-electron chi connectivity index (χ1n) is 3.56. The summed E-state index contributed by atoms with van der Waals surface area (Å²) in [6.45, 7) is 2.23. The zero-order valence-electron chi connectivity index (χ0n) is 7.00. The molecule has 13 heavy (non-hydrogen) atoms. The average Bonchev–Trinajstić information content (AvgIpc) is 2.53. The summed E-state index contributed by atoms with van der Waals surface area (Å²) < 4.78 is 0. The molecule has 1 aromatic rings. The van der Waals surface area contributed by atoms with Crippen LogP contribution in [0, 0.1) is 11.8 Å². The van der Waals surface area contributed by atoms with Crippen LogP contribution in [0.1, 0.15) is 17.4 Å². The van der Waals surface area contributed by atoms with Gasteiger partial charge in [0.2, 0.25) is 0 Å². The van der Waals surface area contributed by atoms with Crippen molar-refractivity contribution in [3.8, 4) is 11.8 Å². The lowest BCUT2D eigenvalue weighted by Gasteiger charge is -1.92. The molecule has 68 valence electrons. The number of carboxylic acid groups (broad SMARTS) is 1. The van der Waals surface area contributed by atoms with Crippen LogP contribution in [0.5, 0.6) is 0 Å². The van der Waals surface area contributed by atoms with Crippen molar-refractivity contribution in [2.24, 2.45) is 0 Å². The number of aromatic nitrogens is 1. The van der Waals surface area contributed by atoms with E-state index >= 15 is 0 Å². The number of anilines is 1. The molecule has 0 atom stereocenters. The van der Waals surface area contributed by atoms with Crippen LogP contribution >= 0.6 is 11.3 Å². The molecule has 0 amide bonds. The lowest BCUT2D eigenvalue weighted by Crippen LogP contribution is -2.00. The van der Waals surface area contributed by atoms with Crippen LogP contribution in [-0.4, -0.2) is 22.6 Å². The fourth-order valence-electron chi connectivity index (χ4n) is 0.661. The lowest BCUT2D eigenvalue weighted by molar-refractivity contribution is 0.0691. The molecule has 4 nitrogen and oxygen atoms in total. The van der Waals surface area contributed by atoms with E-state index in [-0.39, 0.29) is 5.69 Å². The largest absolute Gasteiger partial charge is 0.476 e. The average molecular weight is 196 g/mol. The van der Waals surface area contributed by atoms with Crippen molar-refractivity contribution < 1.29 is 9.90 Å². The Bertz CT molecular complexity index is 362. The van der Waals surface area contributed by atoms with Gasteiger partial charge < -0.3 is 10.4 Å². The van der Waals surface area contributed by atoms with E-state index in [1.807, 2.05) is 0 Å². The van der Waals surface area contributed by atoms with Crippen LogP contribution in [0.3, 0.4) is 0 Å². The third-order valence-corrected chi connectivity index (χ3v) is 2.03. The van der Waals surface area contributed by atoms with Crippen LogP contribution in [0.2, 0.25) is 0 Å². The number of thiazole rings is 1. The highest BCUT2D eigenvalue weighted by molar-refractivity contribution is 7.13. The van der Waals surface area contributed by atoms with Gasteiger partial charge in [-0.3, -0.25) is 0 Å². The van der Waals surface area contributed by atoms with Crippen molar-refractivity contribution in [2.45, 2.75) is 6.92 Å². The number of rotatable bonds is 3. The summed E-state index contributed by atoms with van der Waals surface area (Å²) in [6.07, 6.45) is 0. The molecule has 0 radical (unpaired) electrons. The number of nitrogens with zero attached hydrogens (tertiary/aromatic N) is 1. The number of hydrogen-bond donors (Lipinski definition) is 2. The van der Waals surface area contributed by atoms with E-state index in [2.05, 4.69) is 22.1 Å². The summed E-state index contributed by atoms with van der Waals surface area (Å²) in [5, 5.41) is 13.5. The van der Waals surface area contributed by atoms with Gasteiger partial charge in [0, 0.05) is 5.38 Å². The Balaban J connectivity index is 2.57. The molecule has 0 saturated carbocycles. The minimum absolute atomic E-state index is 0.0666. The molecule has 1 rings (SSSR count). The van der Waals surface area contributed by atoms with Crippen LogP contribution < -0.4 is 5.32 Å². The second-order valence-electron chi connectivity index (χ2n) is 2.12. The Hall–Kier alpha value is -1.54. The topological polar surface area (TPSA) is 62.2 Å². The van der Waals surface area contributed by atoms with E-state index in [1.54, 1.807) is 6.92 Å². The maximum atomic E-state index is 10.4. The standard InChI is InChI=1S/C8H8N2O2S/c1-2-3-4-9-8-10-6(5-13-8)7(11)12/h5H,4H2,1H3,(H,9,10)(H,11,12). The molecular formula is C8H8N2O2S. The number of nitrogens with one attached hydrogen (secondary N) is 1. The van der Waals surface area contributed by atoms with Gasteiger partial charge in [-0.15, -0.1) is 17.3 Å². The molecule has 0 spiro atoms.